The molecule has 0 bridgehead atoms. The van der Waals surface area contributed by atoms with E-state index in [1.807, 2.05) is 0 Å². The standard InChI is InChI=1S/C10H20N2O/c1-8(9-2-5-13-6-9)12-7-10(11)3-4-10/h8-9,12H,2-7,11H2,1H3. The highest BCUT2D eigenvalue weighted by Crippen LogP contribution is 2.31. The smallest absolute Gasteiger partial charge is 0.0509 e. The fourth-order valence-electron chi connectivity index (χ4n) is 1.82. The van der Waals surface area contributed by atoms with Gasteiger partial charge in [-0.15, -0.1) is 0 Å². The van der Waals surface area contributed by atoms with Gasteiger partial charge in [0.2, 0.25) is 0 Å². The van der Waals surface area contributed by atoms with E-state index in [2.05, 4.69) is 12.2 Å². The van der Waals surface area contributed by atoms with E-state index in [1.54, 1.807) is 0 Å². The first-order valence-electron chi connectivity index (χ1n) is 5.30. The van der Waals surface area contributed by atoms with Gasteiger partial charge >= 0.3 is 0 Å². The molecule has 76 valence electrons. The Kier molecular flexibility index (Phi) is 2.58. The molecule has 2 aliphatic rings. The van der Waals surface area contributed by atoms with Crippen molar-refractivity contribution in [2.45, 2.75) is 37.8 Å². The molecule has 3 heteroatoms. The lowest BCUT2D eigenvalue weighted by Gasteiger charge is -2.21. The molecule has 0 spiro atoms. The molecule has 1 heterocycles. The Hall–Kier alpha value is -0.120. The van der Waals surface area contributed by atoms with E-state index in [0.29, 0.717) is 12.0 Å². The van der Waals surface area contributed by atoms with Crippen LogP contribution in [0.15, 0.2) is 0 Å². The second-order valence-corrected chi connectivity index (χ2v) is 4.66. The van der Waals surface area contributed by atoms with Crippen molar-refractivity contribution in [3.8, 4) is 0 Å². The van der Waals surface area contributed by atoms with E-state index in [9.17, 15) is 0 Å². The van der Waals surface area contributed by atoms with Crippen molar-refractivity contribution < 1.29 is 4.74 Å². The molecule has 2 atom stereocenters. The molecule has 2 fully saturated rings. The molecule has 0 radical (unpaired) electrons. The van der Waals surface area contributed by atoms with Crippen LogP contribution in [-0.4, -0.2) is 31.3 Å². The molecule has 1 saturated carbocycles. The maximum absolute atomic E-state index is 6.00. The molecule has 1 aliphatic carbocycles. The van der Waals surface area contributed by atoms with Crippen molar-refractivity contribution in [2.24, 2.45) is 11.7 Å². The average Bonchev–Trinajstić information content (AvgIpc) is 2.69. The predicted octanol–water partition coefficient (Wildman–Crippen LogP) is 0.492. The van der Waals surface area contributed by atoms with Gasteiger partial charge in [-0.1, -0.05) is 0 Å². The number of hydrogen-bond donors (Lipinski definition) is 2. The highest BCUT2D eigenvalue weighted by molar-refractivity contribution is 5.01. The van der Waals surface area contributed by atoms with E-state index < -0.39 is 0 Å². The zero-order valence-corrected chi connectivity index (χ0v) is 8.38. The number of ether oxygens (including phenoxy) is 1. The first-order valence-corrected chi connectivity index (χ1v) is 5.30. The second kappa shape index (κ2) is 3.56. The molecule has 3 N–H and O–H groups in total. The molecule has 0 aromatic carbocycles. The van der Waals surface area contributed by atoms with Crippen LogP contribution in [0.5, 0.6) is 0 Å². The van der Waals surface area contributed by atoms with E-state index in [0.717, 1.165) is 19.8 Å². The van der Waals surface area contributed by atoms with Gasteiger partial charge in [0.25, 0.3) is 0 Å². The Morgan fingerprint density at radius 3 is 2.92 bits per heavy atom. The Bertz CT molecular complexity index is 174. The van der Waals surface area contributed by atoms with E-state index >= 15 is 0 Å². The molecule has 13 heavy (non-hydrogen) atoms. The first kappa shape index (κ1) is 9.44. The number of hydrogen-bond acceptors (Lipinski definition) is 3. The lowest BCUT2D eigenvalue weighted by Crippen LogP contribution is -2.43. The lowest BCUT2D eigenvalue weighted by molar-refractivity contribution is 0.178. The van der Waals surface area contributed by atoms with Crippen LogP contribution in [0.3, 0.4) is 0 Å². The fourth-order valence-corrected chi connectivity index (χ4v) is 1.82. The van der Waals surface area contributed by atoms with Crippen molar-refractivity contribution in [1.82, 2.24) is 5.32 Å². The van der Waals surface area contributed by atoms with Crippen molar-refractivity contribution in [1.29, 1.82) is 0 Å². The zero-order chi connectivity index (χ0) is 9.31. The van der Waals surface area contributed by atoms with Gasteiger partial charge in [0.15, 0.2) is 0 Å². The van der Waals surface area contributed by atoms with E-state index in [4.69, 9.17) is 10.5 Å². The third-order valence-corrected chi connectivity index (χ3v) is 3.34. The molecular weight excluding hydrogens is 164 g/mol. The van der Waals surface area contributed by atoms with Crippen molar-refractivity contribution in [3.63, 3.8) is 0 Å². The van der Waals surface area contributed by atoms with Crippen molar-refractivity contribution in [3.05, 3.63) is 0 Å². The summed E-state index contributed by atoms with van der Waals surface area (Å²) in [6.07, 6.45) is 3.58. The molecule has 2 unspecified atom stereocenters. The molecule has 0 aromatic rings. The number of rotatable bonds is 4. The largest absolute Gasteiger partial charge is 0.381 e. The van der Waals surface area contributed by atoms with Crippen LogP contribution in [0.2, 0.25) is 0 Å². The topological polar surface area (TPSA) is 47.3 Å². The Morgan fingerprint density at radius 1 is 1.62 bits per heavy atom. The monoisotopic (exact) mass is 184 g/mol. The highest BCUT2D eigenvalue weighted by atomic mass is 16.5. The van der Waals surface area contributed by atoms with E-state index in [-0.39, 0.29) is 5.54 Å². The average molecular weight is 184 g/mol. The third-order valence-electron chi connectivity index (χ3n) is 3.34. The minimum atomic E-state index is 0.133. The molecule has 1 aliphatic heterocycles. The maximum Gasteiger partial charge on any atom is 0.0509 e. The third kappa shape index (κ3) is 2.42. The van der Waals surface area contributed by atoms with Crippen LogP contribution >= 0.6 is 0 Å². The van der Waals surface area contributed by atoms with Crippen LogP contribution < -0.4 is 11.1 Å². The van der Waals surface area contributed by atoms with Crippen molar-refractivity contribution in [2.75, 3.05) is 19.8 Å². The summed E-state index contributed by atoms with van der Waals surface area (Å²) in [5, 5.41) is 3.52. The van der Waals surface area contributed by atoms with Gasteiger partial charge in [0.1, 0.15) is 0 Å². The minimum Gasteiger partial charge on any atom is -0.381 e. The molecular formula is C10H20N2O. The quantitative estimate of drug-likeness (QED) is 0.668. The van der Waals surface area contributed by atoms with Gasteiger partial charge in [-0.2, -0.15) is 0 Å². The highest BCUT2D eigenvalue weighted by Gasteiger charge is 2.38. The fraction of sp³-hybridized carbons (Fsp3) is 1.00. The number of nitrogens with two attached hydrogens (primary N) is 1. The molecule has 1 saturated heterocycles. The summed E-state index contributed by atoms with van der Waals surface area (Å²) >= 11 is 0. The second-order valence-electron chi connectivity index (χ2n) is 4.66. The lowest BCUT2D eigenvalue weighted by atomic mass is 10.0. The first-order chi connectivity index (χ1) is 6.20. The summed E-state index contributed by atoms with van der Waals surface area (Å²) in [5.74, 6) is 0.697. The van der Waals surface area contributed by atoms with Crippen LogP contribution in [0, 0.1) is 5.92 Å². The summed E-state index contributed by atoms with van der Waals surface area (Å²) < 4.78 is 5.35. The van der Waals surface area contributed by atoms with Crippen LogP contribution in [0.1, 0.15) is 26.2 Å². The van der Waals surface area contributed by atoms with Crippen molar-refractivity contribution >= 4 is 0 Å². The summed E-state index contributed by atoms with van der Waals surface area (Å²) in [7, 11) is 0. The van der Waals surface area contributed by atoms with Gasteiger partial charge < -0.3 is 15.8 Å². The van der Waals surface area contributed by atoms with Gasteiger partial charge in [0.05, 0.1) is 6.61 Å². The Balaban J connectivity index is 1.68. The molecule has 0 amide bonds. The molecule has 3 nitrogen and oxygen atoms in total. The van der Waals surface area contributed by atoms with Gasteiger partial charge in [0, 0.05) is 24.7 Å². The minimum absolute atomic E-state index is 0.133. The zero-order valence-electron chi connectivity index (χ0n) is 8.38. The normalized spacial score (nSPS) is 33.2. The van der Waals surface area contributed by atoms with Gasteiger partial charge in [-0.05, 0) is 32.1 Å². The van der Waals surface area contributed by atoms with Gasteiger partial charge in [-0.25, -0.2) is 0 Å². The SMILES string of the molecule is CC(NCC1(N)CC1)C1CCOC1. The number of nitrogens with one attached hydrogen (secondary N) is 1. The predicted molar refractivity (Wildman–Crippen MR) is 52.5 cm³/mol. The summed E-state index contributed by atoms with van der Waals surface area (Å²) in [6, 6.07) is 0.559. The summed E-state index contributed by atoms with van der Waals surface area (Å²) in [6.45, 7) is 5.08. The Morgan fingerprint density at radius 2 is 2.38 bits per heavy atom. The summed E-state index contributed by atoms with van der Waals surface area (Å²) in [4.78, 5) is 0. The van der Waals surface area contributed by atoms with E-state index in [1.165, 1.54) is 19.3 Å². The summed E-state index contributed by atoms with van der Waals surface area (Å²) in [5.41, 5.74) is 6.13. The van der Waals surface area contributed by atoms with Crippen LogP contribution in [0.4, 0.5) is 0 Å². The molecule has 0 aromatic heterocycles. The van der Waals surface area contributed by atoms with Crippen LogP contribution in [0.25, 0.3) is 0 Å². The van der Waals surface area contributed by atoms with Gasteiger partial charge in [-0.3, -0.25) is 0 Å². The van der Waals surface area contributed by atoms with Crippen LogP contribution in [-0.2, 0) is 4.74 Å². The molecule has 2 rings (SSSR count). The maximum atomic E-state index is 6.00. The Labute approximate surface area is 80.0 Å².